The maximum Gasteiger partial charge on any atom is 0.283 e. The lowest BCUT2D eigenvalue weighted by Gasteiger charge is -2.31. The lowest BCUT2D eigenvalue weighted by atomic mass is 10.0. The van der Waals surface area contributed by atoms with Crippen LogP contribution in [0.25, 0.3) is 0 Å². The molecule has 0 aliphatic carbocycles. The van der Waals surface area contributed by atoms with E-state index in [2.05, 4.69) is 4.99 Å². The number of hydrogen-bond donors (Lipinski definition) is 0. The number of aliphatic imine (C=N–C) groups is 1. The number of nitrogens with zero attached hydrogens (tertiary/aromatic N) is 3. The summed E-state index contributed by atoms with van der Waals surface area (Å²) >= 11 is 0. The van der Waals surface area contributed by atoms with Crippen LogP contribution in [0.5, 0.6) is 0 Å². The van der Waals surface area contributed by atoms with Crippen molar-refractivity contribution in [2.75, 3.05) is 13.1 Å². The molecule has 0 aromatic heterocycles. The van der Waals surface area contributed by atoms with E-state index in [0.717, 1.165) is 16.4 Å². The van der Waals surface area contributed by atoms with Gasteiger partial charge in [-0.1, -0.05) is 30.3 Å². The van der Waals surface area contributed by atoms with Crippen LogP contribution >= 0.6 is 0 Å². The predicted octanol–water partition coefficient (Wildman–Crippen LogP) is 3.72. The van der Waals surface area contributed by atoms with Crippen molar-refractivity contribution in [3.63, 3.8) is 0 Å². The van der Waals surface area contributed by atoms with E-state index < -0.39 is 44.3 Å². The van der Waals surface area contributed by atoms with E-state index in [9.17, 15) is 26.8 Å². The van der Waals surface area contributed by atoms with Gasteiger partial charge in [-0.25, -0.2) is 21.5 Å². The van der Waals surface area contributed by atoms with Crippen LogP contribution in [-0.2, 0) is 14.8 Å². The fraction of sp³-hybridized carbons (Fsp3) is 0.400. The van der Waals surface area contributed by atoms with E-state index in [1.165, 1.54) is 11.0 Å². The van der Waals surface area contributed by atoms with E-state index in [-0.39, 0.29) is 17.3 Å². The van der Waals surface area contributed by atoms with Crippen molar-refractivity contribution in [3.05, 3.63) is 71.3 Å². The average molecular weight is 504 g/mol. The minimum atomic E-state index is -4.03. The highest BCUT2D eigenvalue weighted by atomic mass is 32.2. The van der Waals surface area contributed by atoms with Gasteiger partial charge in [-0.2, -0.15) is 0 Å². The monoisotopic (exact) mass is 503 g/mol. The molecule has 0 saturated carbocycles. The summed E-state index contributed by atoms with van der Waals surface area (Å²) in [6, 6.07) is 11.2. The third kappa shape index (κ3) is 4.71. The highest BCUT2D eigenvalue weighted by molar-refractivity contribution is 7.91. The van der Waals surface area contributed by atoms with Crippen LogP contribution in [-0.4, -0.2) is 59.8 Å². The predicted molar refractivity (Wildman–Crippen MR) is 127 cm³/mol. The van der Waals surface area contributed by atoms with Crippen LogP contribution in [0.3, 0.4) is 0 Å². The molecule has 35 heavy (non-hydrogen) atoms. The maximum absolute atomic E-state index is 13.5. The number of halogens is 2. The standard InChI is InChI=1S/C25H27F2N3O4S/c1-25(2,3)30-24(32)21(22(35(30,33)34)16-7-5-4-6-8-16)28-18-11-13-29(14-12-18)23(31)17-9-10-19(26)20(27)15-17/h4-10,15,18,22H,11-14H2,1-3H3. The molecular weight excluding hydrogens is 476 g/mol. The summed E-state index contributed by atoms with van der Waals surface area (Å²) in [7, 11) is -4.03. The van der Waals surface area contributed by atoms with Crippen LogP contribution in [0.15, 0.2) is 53.5 Å². The molecule has 186 valence electrons. The van der Waals surface area contributed by atoms with Gasteiger partial charge in [0.1, 0.15) is 5.71 Å². The summed E-state index contributed by atoms with van der Waals surface area (Å²) in [6.07, 6.45) is 0.812. The fourth-order valence-corrected chi connectivity index (χ4v) is 6.80. The molecule has 2 aliphatic heterocycles. The first-order chi connectivity index (χ1) is 16.4. The SMILES string of the molecule is CC(C)(C)N1C(=O)C(=NC2CCN(C(=O)c3ccc(F)c(F)c3)CC2)C(c2ccccc2)S1(=O)=O. The molecule has 0 radical (unpaired) electrons. The van der Waals surface area contributed by atoms with Gasteiger partial charge in [0.15, 0.2) is 16.9 Å². The van der Waals surface area contributed by atoms with Crippen molar-refractivity contribution in [3.8, 4) is 0 Å². The zero-order valence-electron chi connectivity index (χ0n) is 19.7. The Kier molecular flexibility index (Phi) is 6.52. The van der Waals surface area contributed by atoms with Gasteiger partial charge < -0.3 is 4.90 Å². The van der Waals surface area contributed by atoms with Crippen molar-refractivity contribution in [1.82, 2.24) is 9.21 Å². The number of likely N-dealkylation sites (tertiary alicyclic amines) is 1. The van der Waals surface area contributed by atoms with E-state index in [4.69, 9.17) is 0 Å². The third-order valence-electron chi connectivity index (χ3n) is 6.16. The van der Waals surface area contributed by atoms with Crippen molar-refractivity contribution < 1.29 is 26.8 Å². The van der Waals surface area contributed by atoms with Gasteiger partial charge >= 0.3 is 0 Å². The first-order valence-electron chi connectivity index (χ1n) is 11.4. The molecule has 0 N–H and O–H groups in total. The number of sulfonamides is 1. The number of hydrogen-bond acceptors (Lipinski definition) is 5. The quantitative estimate of drug-likeness (QED) is 0.639. The second-order valence-electron chi connectivity index (χ2n) is 9.74. The normalized spacial score (nSPS) is 22.1. The summed E-state index contributed by atoms with van der Waals surface area (Å²) in [5, 5.41) is -1.20. The van der Waals surface area contributed by atoms with Crippen LogP contribution in [0.4, 0.5) is 8.78 Å². The third-order valence-corrected chi connectivity index (χ3v) is 8.47. The molecule has 0 spiro atoms. The Bertz CT molecular complexity index is 1280. The lowest BCUT2D eigenvalue weighted by Crippen LogP contribution is -2.45. The molecule has 2 amide bonds. The molecule has 2 aliphatic rings. The number of amides is 2. The molecule has 2 saturated heterocycles. The second-order valence-corrected chi connectivity index (χ2v) is 11.6. The highest BCUT2D eigenvalue weighted by Gasteiger charge is 2.54. The largest absolute Gasteiger partial charge is 0.338 e. The molecule has 1 unspecified atom stereocenters. The van der Waals surface area contributed by atoms with E-state index in [1.807, 2.05) is 0 Å². The fourth-order valence-electron chi connectivity index (χ4n) is 4.55. The van der Waals surface area contributed by atoms with E-state index in [1.54, 1.807) is 51.1 Å². The Morgan fingerprint density at radius 3 is 2.20 bits per heavy atom. The second kappa shape index (κ2) is 9.14. The molecule has 2 heterocycles. The minimum Gasteiger partial charge on any atom is -0.338 e. The Morgan fingerprint density at radius 1 is 1.00 bits per heavy atom. The Balaban J connectivity index is 1.59. The Labute approximate surface area is 203 Å². The number of rotatable bonds is 3. The molecule has 7 nitrogen and oxygen atoms in total. The summed E-state index contributed by atoms with van der Waals surface area (Å²) in [5.41, 5.74) is -0.454. The minimum absolute atomic E-state index is 0.0171. The Hall–Kier alpha value is -3.14. The molecular formula is C25H27F2N3O4S. The average Bonchev–Trinajstić information content (AvgIpc) is 3.00. The van der Waals surface area contributed by atoms with Crippen LogP contribution in [0, 0.1) is 11.6 Å². The zero-order valence-corrected chi connectivity index (χ0v) is 20.6. The van der Waals surface area contributed by atoms with E-state index in [0.29, 0.717) is 31.5 Å². The molecule has 2 aromatic carbocycles. The van der Waals surface area contributed by atoms with Gasteiger partial charge in [-0.05, 0) is 57.4 Å². The number of carbonyl (C=O) groups is 2. The molecule has 2 fully saturated rings. The van der Waals surface area contributed by atoms with Gasteiger partial charge in [0, 0.05) is 18.7 Å². The molecule has 2 aromatic rings. The van der Waals surface area contributed by atoms with Gasteiger partial charge in [0.05, 0.1) is 11.6 Å². The molecule has 0 bridgehead atoms. The van der Waals surface area contributed by atoms with Crippen LogP contribution < -0.4 is 0 Å². The maximum atomic E-state index is 13.5. The topological polar surface area (TPSA) is 87.1 Å². The van der Waals surface area contributed by atoms with Crippen molar-refractivity contribution in [2.45, 2.75) is 50.4 Å². The zero-order chi connectivity index (χ0) is 25.5. The van der Waals surface area contributed by atoms with Crippen molar-refractivity contribution >= 4 is 27.5 Å². The summed E-state index contributed by atoms with van der Waals surface area (Å²) < 4.78 is 54.6. The van der Waals surface area contributed by atoms with Crippen molar-refractivity contribution in [2.24, 2.45) is 4.99 Å². The number of carbonyl (C=O) groups excluding carboxylic acids is 2. The van der Waals surface area contributed by atoms with Gasteiger partial charge in [0.2, 0.25) is 0 Å². The smallest absolute Gasteiger partial charge is 0.283 e. The number of piperidine rings is 1. The molecule has 4 rings (SSSR count). The van der Waals surface area contributed by atoms with Crippen LogP contribution in [0.1, 0.15) is 54.8 Å². The molecule has 10 heteroatoms. The van der Waals surface area contributed by atoms with Gasteiger partial charge in [-0.15, -0.1) is 0 Å². The van der Waals surface area contributed by atoms with Crippen LogP contribution in [0.2, 0.25) is 0 Å². The van der Waals surface area contributed by atoms with Crippen molar-refractivity contribution in [1.29, 1.82) is 0 Å². The Morgan fingerprint density at radius 2 is 1.63 bits per heavy atom. The summed E-state index contributed by atoms with van der Waals surface area (Å²) in [4.78, 5) is 32.2. The highest BCUT2D eigenvalue weighted by Crippen LogP contribution is 2.39. The first kappa shape index (κ1) is 25.0. The summed E-state index contributed by atoms with van der Waals surface area (Å²) in [5.74, 6) is -3.17. The first-order valence-corrected chi connectivity index (χ1v) is 12.9. The van der Waals surface area contributed by atoms with Gasteiger partial charge in [0.25, 0.3) is 21.8 Å². The molecule has 1 atom stereocenters. The number of benzene rings is 2. The van der Waals surface area contributed by atoms with E-state index >= 15 is 0 Å². The van der Waals surface area contributed by atoms with Gasteiger partial charge in [-0.3, -0.25) is 14.6 Å². The summed E-state index contributed by atoms with van der Waals surface area (Å²) in [6.45, 7) is 5.57. The lowest BCUT2D eigenvalue weighted by molar-refractivity contribution is -0.122.